The van der Waals surface area contributed by atoms with Crippen molar-refractivity contribution in [2.75, 3.05) is 26.2 Å². The van der Waals surface area contributed by atoms with Crippen LogP contribution in [0.5, 0.6) is 5.75 Å². The Labute approximate surface area is 240 Å². The molecule has 0 saturated carbocycles. The molecule has 1 aromatic rings. The molecule has 0 fully saturated rings. The van der Waals surface area contributed by atoms with Crippen LogP contribution in [0.25, 0.3) is 0 Å². The lowest BCUT2D eigenvalue weighted by Gasteiger charge is -2.30. The molecule has 1 rings (SSSR count). The summed E-state index contributed by atoms with van der Waals surface area (Å²) in [6.07, 6.45) is 1.92. The maximum absolute atomic E-state index is 13.0. The fourth-order valence-corrected chi connectivity index (χ4v) is 4.22. The van der Waals surface area contributed by atoms with Crippen molar-refractivity contribution in [2.24, 2.45) is 29.4 Å². The number of para-hydroxylation sites is 1. The molecule has 3 amide bonds. The number of halogens is 1. The molecule has 0 aliphatic heterocycles. The second kappa shape index (κ2) is 19.7. The smallest absolute Gasteiger partial charge is 0.255 e. The van der Waals surface area contributed by atoms with Gasteiger partial charge in [0.15, 0.2) is 0 Å². The first kappa shape index (κ1) is 36.6. The number of nitrogens with two attached hydrogens (primary N) is 1. The molecule has 0 aliphatic rings. The predicted molar refractivity (Wildman–Crippen MR) is 158 cm³/mol. The fourth-order valence-electron chi connectivity index (χ4n) is 4.22. The molecule has 9 nitrogen and oxygen atoms in total. The molecule has 0 aromatic heterocycles. The van der Waals surface area contributed by atoms with E-state index < -0.39 is 12.1 Å². The first-order valence-corrected chi connectivity index (χ1v) is 13.9. The number of benzene rings is 1. The van der Waals surface area contributed by atoms with Gasteiger partial charge in [-0.2, -0.15) is 0 Å². The number of rotatable bonds is 18. The van der Waals surface area contributed by atoms with E-state index in [0.29, 0.717) is 43.8 Å². The van der Waals surface area contributed by atoms with Crippen molar-refractivity contribution < 1.29 is 24.2 Å². The Morgan fingerprint density at radius 2 is 1.64 bits per heavy atom. The molecular formula is C29H51ClN4O5. The second-order valence-corrected chi connectivity index (χ2v) is 10.7. The summed E-state index contributed by atoms with van der Waals surface area (Å²) < 4.78 is 5.70. The Morgan fingerprint density at radius 1 is 0.974 bits per heavy atom. The Kier molecular flexibility index (Phi) is 18.5. The van der Waals surface area contributed by atoms with Gasteiger partial charge in [-0.15, -0.1) is 12.4 Å². The predicted octanol–water partition coefficient (Wildman–Crippen LogP) is 3.28. The topological polar surface area (TPSA) is 143 Å². The summed E-state index contributed by atoms with van der Waals surface area (Å²) in [7, 11) is 0. The third-order valence-corrected chi connectivity index (χ3v) is 6.87. The average molecular weight is 571 g/mol. The lowest BCUT2D eigenvalue weighted by atomic mass is 9.83. The van der Waals surface area contributed by atoms with Gasteiger partial charge in [-0.1, -0.05) is 53.2 Å². The number of aliphatic hydroxyl groups is 1. The lowest BCUT2D eigenvalue weighted by Crippen LogP contribution is -2.44. The third kappa shape index (κ3) is 14.0. The number of unbranched alkanes of at least 4 members (excludes halogenated alkanes) is 1. The minimum Gasteiger partial charge on any atom is -0.491 e. The van der Waals surface area contributed by atoms with Crippen LogP contribution in [-0.4, -0.2) is 61.2 Å². The van der Waals surface area contributed by atoms with Crippen molar-refractivity contribution in [1.82, 2.24) is 16.0 Å². The Bertz CT molecular complexity index is 868. The van der Waals surface area contributed by atoms with Crippen molar-refractivity contribution in [3.63, 3.8) is 0 Å². The highest BCUT2D eigenvalue weighted by Gasteiger charge is 2.29. The molecule has 0 bridgehead atoms. The van der Waals surface area contributed by atoms with Crippen LogP contribution in [0, 0.1) is 23.7 Å². The van der Waals surface area contributed by atoms with E-state index in [-0.39, 0.29) is 60.4 Å². The molecular weight excluding hydrogens is 520 g/mol. The van der Waals surface area contributed by atoms with E-state index in [4.69, 9.17) is 10.5 Å². The van der Waals surface area contributed by atoms with Crippen LogP contribution in [-0.2, 0) is 9.59 Å². The van der Waals surface area contributed by atoms with Crippen LogP contribution >= 0.6 is 12.4 Å². The van der Waals surface area contributed by atoms with Crippen LogP contribution in [0.4, 0.5) is 0 Å². The van der Waals surface area contributed by atoms with E-state index in [2.05, 4.69) is 36.7 Å². The lowest BCUT2D eigenvalue weighted by molar-refractivity contribution is -0.127. The first-order valence-electron chi connectivity index (χ1n) is 13.9. The summed E-state index contributed by atoms with van der Waals surface area (Å²) in [5.74, 6) is 0.0294. The summed E-state index contributed by atoms with van der Waals surface area (Å²) in [6, 6.07) is 6.45. The van der Waals surface area contributed by atoms with E-state index in [1.54, 1.807) is 24.3 Å². The maximum atomic E-state index is 13.0. The zero-order chi connectivity index (χ0) is 28.7. The molecule has 0 radical (unpaired) electrons. The summed E-state index contributed by atoms with van der Waals surface area (Å²) >= 11 is 0. The average Bonchev–Trinajstić information content (AvgIpc) is 2.86. The molecule has 0 spiro atoms. The molecule has 1 aromatic carbocycles. The van der Waals surface area contributed by atoms with Crippen LogP contribution in [0.3, 0.4) is 0 Å². The number of nitrogens with one attached hydrogen (secondary N) is 3. The Morgan fingerprint density at radius 3 is 2.23 bits per heavy atom. The van der Waals surface area contributed by atoms with Gasteiger partial charge in [0.25, 0.3) is 5.91 Å². The van der Waals surface area contributed by atoms with E-state index in [9.17, 15) is 19.5 Å². The quantitative estimate of drug-likeness (QED) is 0.171. The zero-order valence-electron chi connectivity index (χ0n) is 24.5. The van der Waals surface area contributed by atoms with Gasteiger partial charge in [-0.3, -0.25) is 14.4 Å². The molecule has 0 aliphatic carbocycles. The van der Waals surface area contributed by atoms with Gasteiger partial charge in [-0.25, -0.2) is 0 Å². The normalized spacial score (nSPS) is 14.1. The number of amides is 3. The summed E-state index contributed by atoms with van der Waals surface area (Å²) in [5, 5.41) is 19.5. The summed E-state index contributed by atoms with van der Waals surface area (Å²) in [4.78, 5) is 36.7. The van der Waals surface area contributed by atoms with E-state index >= 15 is 0 Å². The van der Waals surface area contributed by atoms with Gasteiger partial charge < -0.3 is 31.5 Å². The molecule has 0 saturated heterocycles. The Balaban J connectivity index is 0.0000144. The van der Waals surface area contributed by atoms with Gasteiger partial charge in [0, 0.05) is 32.0 Å². The minimum absolute atomic E-state index is 0. The molecule has 6 N–H and O–H groups in total. The monoisotopic (exact) mass is 570 g/mol. The number of aliphatic hydroxyl groups excluding tert-OH is 1. The summed E-state index contributed by atoms with van der Waals surface area (Å²) in [6.45, 7) is 13.2. The summed E-state index contributed by atoms with van der Waals surface area (Å²) in [5.41, 5.74) is 6.83. The second-order valence-electron chi connectivity index (χ2n) is 10.7. The largest absolute Gasteiger partial charge is 0.491 e. The standard InChI is InChI=1S/C29H50N4O5.ClH/c1-7-8-13-32-29(37)24(20(4)5)17-26(35)25(30)16-22(19(2)3)18-33-28(36)23-11-9-10-12-27(23)38-15-14-31-21(6)34;/h9-12,19-20,22,24-26,35H,7-8,13-18,30H2,1-6H3,(H,31,34)(H,32,37)(H,33,36);1H/t22-,24+,25+,26+;/m1./s1. The van der Waals surface area contributed by atoms with Crippen LogP contribution < -0.4 is 26.4 Å². The maximum Gasteiger partial charge on any atom is 0.255 e. The van der Waals surface area contributed by atoms with Gasteiger partial charge >= 0.3 is 0 Å². The van der Waals surface area contributed by atoms with Crippen LogP contribution in [0.2, 0.25) is 0 Å². The van der Waals surface area contributed by atoms with Crippen molar-refractivity contribution in [2.45, 2.75) is 79.4 Å². The number of ether oxygens (including phenoxy) is 1. The molecule has 4 atom stereocenters. The van der Waals surface area contributed by atoms with Gasteiger partial charge in [0.1, 0.15) is 12.4 Å². The van der Waals surface area contributed by atoms with E-state index in [1.807, 2.05) is 13.8 Å². The highest BCUT2D eigenvalue weighted by molar-refractivity contribution is 5.96. The van der Waals surface area contributed by atoms with Crippen molar-refractivity contribution >= 4 is 30.1 Å². The van der Waals surface area contributed by atoms with Gasteiger partial charge in [0.2, 0.25) is 11.8 Å². The molecule has 39 heavy (non-hydrogen) atoms. The fraction of sp³-hybridized carbons (Fsp3) is 0.690. The van der Waals surface area contributed by atoms with Crippen molar-refractivity contribution in [3.05, 3.63) is 29.8 Å². The Hall–Kier alpha value is -2.36. The first-order chi connectivity index (χ1) is 18.0. The molecule has 0 heterocycles. The molecule has 224 valence electrons. The minimum atomic E-state index is -0.825. The van der Waals surface area contributed by atoms with E-state index in [0.717, 1.165) is 12.8 Å². The SMILES string of the molecule is CCCCNC(=O)[C@@H](C[C@H](O)[C@@H](N)C[C@H](CNC(=O)c1ccccc1OCCNC(C)=O)C(C)C)C(C)C.Cl. The molecule has 0 unspecified atom stereocenters. The third-order valence-electron chi connectivity index (χ3n) is 6.87. The molecule has 10 heteroatoms. The van der Waals surface area contributed by atoms with Crippen LogP contribution in [0.15, 0.2) is 24.3 Å². The number of hydrogen-bond acceptors (Lipinski definition) is 6. The number of carbonyl (C=O) groups is 3. The number of hydrogen-bond donors (Lipinski definition) is 5. The number of carbonyl (C=O) groups excluding carboxylic acids is 3. The van der Waals surface area contributed by atoms with Crippen molar-refractivity contribution in [3.8, 4) is 5.75 Å². The van der Waals surface area contributed by atoms with Crippen molar-refractivity contribution in [1.29, 1.82) is 0 Å². The van der Waals surface area contributed by atoms with Gasteiger partial charge in [0.05, 0.1) is 18.2 Å². The van der Waals surface area contributed by atoms with E-state index in [1.165, 1.54) is 6.92 Å². The highest BCUT2D eigenvalue weighted by Crippen LogP contribution is 2.24. The van der Waals surface area contributed by atoms with Gasteiger partial charge in [-0.05, 0) is 49.1 Å². The highest BCUT2D eigenvalue weighted by atomic mass is 35.5. The zero-order valence-corrected chi connectivity index (χ0v) is 25.3. The van der Waals surface area contributed by atoms with Crippen LogP contribution in [0.1, 0.15) is 77.6 Å².